The number of rotatable bonds is 3. The van der Waals surface area contributed by atoms with E-state index in [0.717, 1.165) is 50.2 Å². The molecule has 41 heavy (non-hydrogen) atoms. The summed E-state index contributed by atoms with van der Waals surface area (Å²) in [6.07, 6.45) is -0.260. The van der Waals surface area contributed by atoms with Gasteiger partial charge in [-0.05, 0) is 93.8 Å². The summed E-state index contributed by atoms with van der Waals surface area (Å²) >= 11 is 0. The smallest absolute Gasteiger partial charge is 0.426 e. The summed E-state index contributed by atoms with van der Waals surface area (Å²) in [5.74, 6) is -1.39. The Kier molecular flexibility index (Phi) is 7.08. The second-order valence-corrected chi connectivity index (χ2v) is 12.2. The maximum atomic E-state index is 13.5. The molecule has 5 rings (SSSR count). The van der Waals surface area contributed by atoms with E-state index in [4.69, 9.17) is 4.74 Å². The molecule has 1 aromatic carbocycles. The minimum atomic E-state index is -5.11. The van der Waals surface area contributed by atoms with Gasteiger partial charge in [-0.25, -0.2) is 9.78 Å². The maximum absolute atomic E-state index is 13.5. The van der Waals surface area contributed by atoms with Crippen LogP contribution in [0.15, 0.2) is 30.6 Å². The van der Waals surface area contributed by atoms with Crippen LogP contribution in [-0.2, 0) is 22.5 Å². The van der Waals surface area contributed by atoms with Crippen molar-refractivity contribution in [1.29, 1.82) is 0 Å². The zero-order valence-electron chi connectivity index (χ0n) is 23.9. The Hall–Kier alpha value is -3.60. The maximum Gasteiger partial charge on any atom is 0.426 e. The lowest BCUT2D eigenvalue weighted by Gasteiger charge is -2.37. The number of aromatic nitrogens is 2. The van der Waals surface area contributed by atoms with Gasteiger partial charge in [-0.15, -0.1) is 0 Å². The minimum Gasteiger partial charge on any atom is -0.444 e. The summed E-state index contributed by atoms with van der Waals surface area (Å²) in [5.41, 5.74) is 1.68. The molecule has 1 saturated heterocycles. The van der Waals surface area contributed by atoms with Gasteiger partial charge in [0.2, 0.25) is 5.60 Å². The number of nitrogens with zero attached hydrogens (tertiary/aromatic N) is 3. The number of amides is 2. The summed E-state index contributed by atoms with van der Waals surface area (Å²) in [5, 5.41) is 11.1. The number of nitrogens with one attached hydrogen (secondary N) is 1. The number of hydrogen-bond donors (Lipinski definition) is 2. The number of aromatic amines is 1. The third-order valence-corrected chi connectivity index (χ3v) is 7.94. The van der Waals surface area contributed by atoms with Crippen LogP contribution in [0.1, 0.15) is 68.8 Å². The van der Waals surface area contributed by atoms with Crippen LogP contribution in [0.25, 0.3) is 22.2 Å². The lowest BCUT2D eigenvalue weighted by molar-refractivity contribution is -0.250. The highest BCUT2D eigenvalue weighted by molar-refractivity contribution is 5.86. The van der Waals surface area contributed by atoms with Gasteiger partial charge in [0.15, 0.2) is 0 Å². The fraction of sp³-hybridized carbons (Fsp3) is 0.500. The van der Waals surface area contributed by atoms with Crippen LogP contribution in [0.4, 0.5) is 18.0 Å². The number of hydrogen-bond acceptors (Lipinski definition) is 5. The van der Waals surface area contributed by atoms with Crippen LogP contribution >= 0.6 is 0 Å². The van der Waals surface area contributed by atoms with Gasteiger partial charge in [0.1, 0.15) is 11.2 Å². The molecule has 1 fully saturated rings. The van der Waals surface area contributed by atoms with Crippen LogP contribution in [0.2, 0.25) is 0 Å². The van der Waals surface area contributed by atoms with Crippen LogP contribution < -0.4 is 0 Å². The Balaban J connectivity index is 1.59. The molecule has 0 radical (unpaired) electrons. The third kappa shape index (κ3) is 5.39. The molecule has 2 aliphatic heterocycles. The third-order valence-electron chi connectivity index (χ3n) is 7.94. The number of likely N-dealkylation sites (tertiary alicyclic amines) is 1. The van der Waals surface area contributed by atoms with E-state index < -0.39 is 29.4 Å². The molecular weight excluding hydrogens is 537 g/mol. The number of carbonyl (C=O) groups excluding carboxylic acids is 2. The Morgan fingerprint density at radius 2 is 1.83 bits per heavy atom. The number of carbonyl (C=O) groups is 2. The zero-order chi connectivity index (χ0) is 29.9. The van der Waals surface area contributed by atoms with Crippen LogP contribution in [0.3, 0.4) is 0 Å². The number of alkyl halides is 3. The Labute approximate surface area is 236 Å². The second-order valence-electron chi connectivity index (χ2n) is 12.2. The lowest BCUT2D eigenvalue weighted by Crippen LogP contribution is -2.56. The van der Waals surface area contributed by atoms with Gasteiger partial charge in [0.05, 0.1) is 6.04 Å². The van der Waals surface area contributed by atoms with Crippen molar-refractivity contribution in [3.8, 4) is 11.1 Å². The van der Waals surface area contributed by atoms with Gasteiger partial charge in [0.25, 0.3) is 5.91 Å². The summed E-state index contributed by atoms with van der Waals surface area (Å²) in [4.78, 5) is 36.5. The van der Waals surface area contributed by atoms with Crippen molar-refractivity contribution >= 4 is 23.0 Å². The molecule has 2 atom stereocenters. The Morgan fingerprint density at radius 3 is 2.51 bits per heavy atom. The first-order chi connectivity index (χ1) is 19.1. The first-order valence-electron chi connectivity index (χ1n) is 13.7. The molecule has 2 N–H and O–H groups in total. The van der Waals surface area contributed by atoms with Gasteiger partial charge < -0.3 is 24.6 Å². The van der Waals surface area contributed by atoms with E-state index in [-0.39, 0.29) is 19.1 Å². The van der Waals surface area contributed by atoms with Crippen molar-refractivity contribution < 1.29 is 32.6 Å². The topological polar surface area (TPSA) is 98.8 Å². The lowest BCUT2D eigenvalue weighted by atomic mass is 9.86. The SMILES string of the molecule is Cc1c[nH]c2ncc(-c3cc4c(c([C@@H]5CCCN5C(=O)OC(C)(C)C)c3)CN(C(=O)C(C)(O)C(F)(F)F)CC4)cc12. The van der Waals surface area contributed by atoms with Crippen LogP contribution in [-0.4, -0.2) is 67.3 Å². The summed E-state index contributed by atoms with van der Waals surface area (Å²) < 4.78 is 46.3. The molecule has 1 unspecified atom stereocenters. The Bertz CT molecular complexity index is 1510. The fourth-order valence-corrected chi connectivity index (χ4v) is 5.69. The summed E-state index contributed by atoms with van der Waals surface area (Å²) in [7, 11) is 0. The van der Waals surface area contributed by atoms with E-state index >= 15 is 0 Å². The van der Waals surface area contributed by atoms with E-state index in [9.17, 15) is 27.9 Å². The molecule has 0 saturated carbocycles. The number of pyridine rings is 1. The monoisotopic (exact) mass is 572 g/mol. The number of aliphatic hydroxyl groups is 1. The highest BCUT2D eigenvalue weighted by Gasteiger charge is 2.57. The zero-order valence-corrected chi connectivity index (χ0v) is 23.9. The normalized spacial score (nSPS) is 19.3. The quantitative estimate of drug-likeness (QED) is 0.413. The summed E-state index contributed by atoms with van der Waals surface area (Å²) in [6, 6.07) is 5.59. The molecule has 2 aliphatic rings. The van der Waals surface area contributed by atoms with Crippen molar-refractivity contribution in [2.45, 2.75) is 83.8 Å². The predicted molar refractivity (Wildman–Crippen MR) is 147 cm³/mol. The summed E-state index contributed by atoms with van der Waals surface area (Å²) in [6.45, 7) is 8.24. The average molecular weight is 573 g/mol. The van der Waals surface area contributed by atoms with Crippen molar-refractivity contribution in [3.05, 3.63) is 52.8 Å². The average Bonchev–Trinajstić information content (AvgIpc) is 3.52. The van der Waals surface area contributed by atoms with Crippen molar-refractivity contribution in [3.63, 3.8) is 0 Å². The van der Waals surface area contributed by atoms with E-state index in [2.05, 4.69) is 9.97 Å². The molecular formula is C30H35F3N4O4. The molecule has 8 nitrogen and oxygen atoms in total. The van der Waals surface area contributed by atoms with Crippen molar-refractivity contribution in [1.82, 2.24) is 19.8 Å². The molecule has 2 aromatic heterocycles. The van der Waals surface area contributed by atoms with E-state index in [1.165, 1.54) is 0 Å². The minimum absolute atomic E-state index is 0.0234. The van der Waals surface area contributed by atoms with Gasteiger partial charge in [-0.3, -0.25) is 4.79 Å². The van der Waals surface area contributed by atoms with Crippen molar-refractivity contribution in [2.75, 3.05) is 13.1 Å². The van der Waals surface area contributed by atoms with Crippen LogP contribution in [0.5, 0.6) is 0 Å². The predicted octanol–water partition coefficient (Wildman–Crippen LogP) is 5.81. The number of fused-ring (bicyclic) bond motifs is 2. The number of ether oxygens (including phenoxy) is 1. The molecule has 11 heteroatoms. The van der Waals surface area contributed by atoms with E-state index in [1.54, 1.807) is 31.9 Å². The van der Waals surface area contributed by atoms with E-state index in [0.29, 0.717) is 31.9 Å². The molecule has 220 valence electrons. The van der Waals surface area contributed by atoms with Gasteiger partial charge in [-0.1, -0.05) is 6.07 Å². The molecule has 3 aromatic rings. The highest BCUT2D eigenvalue weighted by atomic mass is 19.4. The number of H-pyrrole nitrogens is 1. The first-order valence-corrected chi connectivity index (χ1v) is 13.7. The standard InChI is InChI=1S/C30H35F3N4O4/c1-17-14-34-25-21(17)13-20(15-35-25)19-11-18-8-10-36(26(38)29(5,40)30(31,32)33)16-23(18)22(12-19)24-7-6-9-37(24)27(39)41-28(2,3)4/h11-15,24,40H,6-10,16H2,1-5H3,(H,34,35)/t24-,29?/m0/s1. The van der Waals surface area contributed by atoms with Gasteiger partial charge in [-0.2, -0.15) is 13.2 Å². The first kappa shape index (κ1) is 28.9. The molecule has 2 amide bonds. The van der Waals surface area contributed by atoms with Gasteiger partial charge in [0, 0.05) is 43.0 Å². The van der Waals surface area contributed by atoms with Crippen molar-refractivity contribution in [2.24, 2.45) is 0 Å². The molecule has 4 heterocycles. The molecule has 0 aliphatic carbocycles. The Morgan fingerprint density at radius 1 is 1.10 bits per heavy atom. The highest BCUT2D eigenvalue weighted by Crippen LogP contribution is 2.41. The van der Waals surface area contributed by atoms with E-state index in [1.807, 2.05) is 31.3 Å². The van der Waals surface area contributed by atoms with Gasteiger partial charge >= 0.3 is 12.3 Å². The number of halogens is 3. The second kappa shape index (κ2) is 10.0. The number of benzene rings is 1. The fourth-order valence-electron chi connectivity index (χ4n) is 5.69. The number of aryl methyl sites for hydroxylation is 1. The van der Waals surface area contributed by atoms with Crippen LogP contribution in [0, 0.1) is 6.92 Å². The largest absolute Gasteiger partial charge is 0.444 e. The molecule has 0 bridgehead atoms. The molecule has 0 spiro atoms.